The molecule has 0 amide bonds. The summed E-state index contributed by atoms with van der Waals surface area (Å²) in [6.45, 7) is 1.81. The Morgan fingerprint density at radius 2 is 1.83 bits per heavy atom. The summed E-state index contributed by atoms with van der Waals surface area (Å²) in [5.74, 6) is 0.417. The molecule has 1 unspecified atom stereocenters. The molecule has 24 heavy (non-hydrogen) atoms. The van der Waals surface area contributed by atoms with Crippen LogP contribution in [-0.4, -0.2) is 22.4 Å². The molecule has 0 bridgehead atoms. The van der Waals surface area contributed by atoms with Gasteiger partial charge in [-0.3, -0.25) is 4.21 Å². The predicted octanol–water partition coefficient (Wildman–Crippen LogP) is 4.53. The molecule has 3 rings (SSSR count). The van der Waals surface area contributed by atoms with E-state index in [1.165, 1.54) is 10.2 Å². The van der Waals surface area contributed by atoms with E-state index in [1.807, 2.05) is 0 Å². The van der Waals surface area contributed by atoms with Gasteiger partial charge in [-0.05, 0) is 46.3 Å². The number of hydrogen-bond donors (Lipinski definition) is 0. The van der Waals surface area contributed by atoms with Crippen LogP contribution in [0.2, 0.25) is 0 Å². The molecular formula is C16H13Br2NO3S2. The molecule has 0 saturated carbocycles. The topological polar surface area (TPSA) is 56.1 Å². The quantitative estimate of drug-likeness (QED) is 0.539. The molecule has 1 heterocycles. The van der Waals surface area contributed by atoms with Crippen molar-refractivity contribution in [1.29, 1.82) is 0 Å². The van der Waals surface area contributed by atoms with E-state index in [2.05, 4.69) is 31.9 Å². The minimum absolute atomic E-state index is 0.165. The van der Waals surface area contributed by atoms with Crippen LogP contribution < -0.4 is 0 Å². The Balaban J connectivity index is 2.35. The van der Waals surface area contributed by atoms with Gasteiger partial charge >= 0.3 is 0 Å². The number of hydrogen-bond acceptors (Lipinski definition) is 3. The Bertz CT molecular complexity index is 1060. The lowest BCUT2D eigenvalue weighted by Crippen LogP contribution is -2.12. The largest absolute Gasteiger partial charge is 0.269 e. The fraction of sp³-hybridized carbons (Fsp3) is 0.125. The van der Waals surface area contributed by atoms with E-state index in [0.29, 0.717) is 26.0 Å². The summed E-state index contributed by atoms with van der Waals surface area (Å²) in [6.07, 6.45) is 1.46. The van der Waals surface area contributed by atoms with Crippen molar-refractivity contribution < 1.29 is 12.6 Å². The first kappa shape index (κ1) is 17.8. The smallest absolute Gasteiger partial charge is 0.254 e. The first-order valence-electron chi connectivity index (χ1n) is 7.05. The van der Waals surface area contributed by atoms with Gasteiger partial charge in [0.1, 0.15) is 4.90 Å². The van der Waals surface area contributed by atoms with E-state index < -0.39 is 20.8 Å². The van der Waals surface area contributed by atoms with Gasteiger partial charge in [0.05, 0.1) is 21.2 Å². The van der Waals surface area contributed by atoms with Crippen LogP contribution in [0, 0.1) is 0 Å². The number of benzene rings is 2. The molecule has 0 radical (unpaired) electrons. The first-order chi connectivity index (χ1) is 11.4. The van der Waals surface area contributed by atoms with Gasteiger partial charge in [-0.15, -0.1) is 0 Å². The summed E-state index contributed by atoms with van der Waals surface area (Å²) < 4.78 is 41.1. The summed E-state index contributed by atoms with van der Waals surface area (Å²) in [4.78, 5) is 0.683. The van der Waals surface area contributed by atoms with Crippen LogP contribution in [0.3, 0.4) is 0 Å². The molecule has 0 N–H and O–H groups in total. The van der Waals surface area contributed by atoms with Crippen LogP contribution in [0.1, 0.15) is 6.92 Å². The van der Waals surface area contributed by atoms with Crippen molar-refractivity contribution >= 4 is 63.6 Å². The zero-order valence-electron chi connectivity index (χ0n) is 12.6. The minimum atomic E-state index is -3.81. The van der Waals surface area contributed by atoms with Gasteiger partial charge in [0, 0.05) is 26.3 Å². The van der Waals surface area contributed by atoms with E-state index in [9.17, 15) is 12.6 Å². The number of rotatable bonds is 4. The average Bonchev–Trinajstić information content (AvgIpc) is 2.93. The molecule has 0 fully saturated rings. The monoisotopic (exact) mass is 489 g/mol. The Morgan fingerprint density at radius 3 is 2.50 bits per heavy atom. The minimum Gasteiger partial charge on any atom is -0.254 e. The Hall–Kier alpha value is -0.960. The fourth-order valence-electron chi connectivity index (χ4n) is 2.44. The van der Waals surface area contributed by atoms with E-state index in [-0.39, 0.29) is 4.90 Å². The maximum Gasteiger partial charge on any atom is 0.269 e. The Kier molecular flexibility index (Phi) is 5.01. The molecule has 0 aliphatic carbocycles. The summed E-state index contributed by atoms with van der Waals surface area (Å²) in [5, 5.41) is 0.667. The van der Waals surface area contributed by atoms with Crippen LogP contribution in [0.4, 0.5) is 0 Å². The number of nitrogens with zero attached hydrogens (tertiary/aromatic N) is 1. The third-order valence-corrected chi connectivity index (χ3v) is 8.10. The molecule has 0 saturated heterocycles. The standard InChI is InChI=1S/C16H13Br2NO3S2/c1-2-23(20)15-10-19(14-8-7-11(17)9-12(14)15)24(21,22)16-6-4-3-5-13(16)18/h3-10H,2H2,1H3. The molecule has 8 heteroatoms. The van der Waals surface area contributed by atoms with Crippen molar-refractivity contribution in [2.75, 3.05) is 5.75 Å². The maximum absolute atomic E-state index is 13.1. The molecule has 3 aromatic rings. The second-order valence-corrected chi connectivity index (χ2v) is 10.3. The van der Waals surface area contributed by atoms with Crippen LogP contribution in [-0.2, 0) is 20.8 Å². The zero-order chi connectivity index (χ0) is 17.5. The van der Waals surface area contributed by atoms with Crippen molar-refractivity contribution in [2.45, 2.75) is 16.7 Å². The summed E-state index contributed by atoms with van der Waals surface area (Å²) >= 11 is 6.68. The Morgan fingerprint density at radius 1 is 1.12 bits per heavy atom. The zero-order valence-corrected chi connectivity index (χ0v) is 17.4. The van der Waals surface area contributed by atoms with E-state index in [4.69, 9.17) is 0 Å². The Labute approximate surface area is 159 Å². The second-order valence-electron chi connectivity index (χ2n) is 5.02. The van der Waals surface area contributed by atoms with Gasteiger partial charge in [-0.25, -0.2) is 12.4 Å². The van der Waals surface area contributed by atoms with E-state index >= 15 is 0 Å². The highest BCUT2D eigenvalue weighted by Crippen LogP contribution is 2.32. The third-order valence-electron chi connectivity index (χ3n) is 3.58. The highest BCUT2D eigenvalue weighted by Gasteiger charge is 2.24. The van der Waals surface area contributed by atoms with Crippen LogP contribution in [0.5, 0.6) is 0 Å². The molecule has 0 aliphatic heterocycles. The van der Waals surface area contributed by atoms with Crippen LogP contribution >= 0.6 is 31.9 Å². The normalized spacial score (nSPS) is 13.3. The van der Waals surface area contributed by atoms with E-state index in [0.717, 1.165) is 4.47 Å². The van der Waals surface area contributed by atoms with Crippen molar-refractivity contribution in [3.8, 4) is 0 Å². The molecule has 2 aromatic carbocycles. The summed E-state index contributed by atoms with van der Waals surface area (Å²) in [7, 11) is -5.08. The van der Waals surface area contributed by atoms with Gasteiger partial charge < -0.3 is 0 Å². The molecule has 0 aliphatic rings. The van der Waals surface area contributed by atoms with Gasteiger partial charge in [0.25, 0.3) is 10.0 Å². The van der Waals surface area contributed by atoms with Gasteiger partial charge in [-0.2, -0.15) is 0 Å². The fourth-order valence-corrected chi connectivity index (χ4v) is 6.15. The molecular weight excluding hydrogens is 478 g/mol. The van der Waals surface area contributed by atoms with Crippen LogP contribution in [0.25, 0.3) is 10.9 Å². The lowest BCUT2D eigenvalue weighted by molar-refractivity contribution is 0.588. The lowest BCUT2D eigenvalue weighted by atomic mass is 10.2. The van der Waals surface area contributed by atoms with Gasteiger partial charge in [0.15, 0.2) is 0 Å². The number of halogens is 2. The lowest BCUT2D eigenvalue weighted by Gasteiger charge is -2.09. The summed E-state index contributed by atoms with van der Waals surface area (Å²) in [5.41, 5.74) is 0.505. The van der Waals surface area contributed by atoms with Crippen LogP contribution in [0.15, 0.2) is 67.4 Å². The van der Waals surface area contributed by atoms with E-state index in [1.54, 1.807) is 49.4 Å². The molecule has 126 valence electrons. The van der Waals surface area contributed by atoms with Gasteiger partial charge in [-0.1, -0.05) is 35.0 Å². The van der Waals surface area contributed by atoms with Crippen molar-refractivity contribution in [2.24, 2.45) is 0 Å². The molecule has 1 aromatic heterocycles. The highest BCUT2D eigenvalue weighted by atomic mass is 79.9. The number of fused-ring (bicyclic) bond motifs is 1. The van der Waals surface area contributed by atoms with Crippen molar-refractivity contribution in [3.63, 3.8) is 0 Å². The van der Waals surface area contributed by atoms with Crippen molar-refractivity contribution in [1.82, 2.24) is 3.97 Å². The highest BCUT2D eigenvalue weighted by molar-refractivity contribution is 9.10. The predicted molar refractivity (Wildman–Crippen MR) is 103 cm³/mol. The number of aromatic nitrogens is 1. The molecule has 4 nitrogen and oxygen atoms in total. The maximum atomic E-state index is 13.1. The van der Waals surface area contributed by atoms with Gasteiger partial charge in [0.2, 0.25) is 0 Å². The first-order valence-corrected chi connectivity index (χ1v) is 11.4. The molecule has 0 spiro atoms. The third kappa shape index (κ3) is 3.00. The SMILES string of the molecule is CCS(=O)c1cn(S(=O)(=O)c2ccccc2Br)c2ccc(Br)cc12. The summed E-state index contributed by atoms with van der Waals surface area (Å²) in [6, 6.07) is 11.9. The molecule has 1 atom stereocenters. The second kappa shape index (κ2) is 6.74. The van der Waals surface area contributed by atoms with Crippen molar-refractivity contribution in [3.05, 3.63) is 57.6 Å². The average molecular weight is 491 g/mol.